The van der Waals surface area contributed by atoms with E-state index in [2.05, 4.69) is 9.97 Å². The highest BCUT2D eigenvalue weighted by molar-refractivity contribution is 7.92. The van der Waals surface area contributed by atoms with Gasteiger partial charge >= 0.3 is 5.97 Å². The Hall–Kier alpha value is -2.15. The van der Waals surface area contributed by atoms with Gasteiger partial charge in [0.15, 0.2) is 9.84 Å². The SMILES string of the molecule is CC(CC(=O)O)(c1ccc[nH]1)S(=O)(=O)c1cccnc1. The number of aromatic nitrogens is 2. The Morgan fingerprint density at radius 1 is 1.40 bits per heavy atom. The topological polar surface area (TPSA) is 100 Å². The molecule has 20 heavy (non-hydrogen) atoms. The van der Waals surface area contributed by atoms with E-state index >= 15 is 0 Å². The second-order valence-electron chi connectivity index (χ2n) is 4.58. The van der Waals surface area contributed by atoms with Gasteiger partial charge in [-0.05, 0) is 31.2 Å². The van der Waals surface area contributed by atoms with Crippen LogP contribution in [0.2, 0.25) is 0 Å². The van der Waals surface area contributed by atoms with Crippen LogP contribution < -0.4 is 0 Å². The maximum absolute atomic E-state index is 12.8. The number of pyridine rings is 1. The molecule has 0 saturated heterocycles. The van der Waals surface area contributed by atoms with Crippen molar-refractivity contribution in [2.75, 3.05) is 0 Å². The first-order valence-corrected chi connectivity index (χ1v) is 7.36. The van der Waals surface area contributed by atoms with Crippen LogP contribution in [0.3, 0.4) is 0 Å². The molecule has 0 aliphatic rings. The number of hydrogen-bond donors (Lipinski definition) is 2. The molecule has 0 bridgehead atoms. The zero-order valence-electron chi connectivity index (χ0n) is 10.8. The first-order valence-electron chi connectivity index (χ1n) is 5.88. The van der Waals surface area contributed by atoms with Gasteiger partial charge in [-0.3, -0.25) is 9.78 Å². The van der Waals surface area contributed by atoms with Crippen molar-refractivity contribution in [3.63, 3.8) is 0 Å². The summed E-state index contributed by atoms with van der Waals surface area (Å²) >= 11 is 0. The van der Waals surface area contributed by atoms with E-state index in [-0.39, 0.29) is 4.90 Å². The standard InChI is InChI=1S/C13H14N2O4S/c1-13(8-12(16)17,11-5-3-7-15-11)20(18,19)10-4-2-6-14-9-10/h2-7,9,15H,8H2,1H3,(H,16,17). The van der Waals surface area contributed by atoms with E-state index in [1.54, 1.807) is 18.3 Å². The Morgan fingerprint density at radius 3 is 2.65 bits per heavy atom. The molecule has 1 unspecified atom stereocenters. The van der Waals surface area contributed by atoms with Crippen molar-refractivity contribution >= 4 is 15.8 Å². The largest absolute Gasteiger partial charge is 0.481 e. The molecule has 0 fully saturated rings. The number of carbonyl (C=O) groups is 1. The maximum atomic E-state index is 12.8. The van der Waals surface area contributed by atoms with Crippen LogP contribution in [0.1, 0.15) is 19.0 Å². The summed E-state index contributed by atoms with van der Waals surface area (Å²) < 4.78 is 24.0. The molecular formula is C13H14N2O4S. The number of carboxylic acids is 1. The molecule has 106 valence electrons. The molecule has 2 heterocycles. The lowest BCUT2D eigenvalue weighted by molar-refractivity contribution is -0.137. The van der Waals surface area contributed by atoms with Crippen LogP contribution in [0.25, 0.3) is 0 Å². The van der Waals surface area contributed by atoms with Gasteiger partial charge in [-0.2, -0.15) is 0 Å². The van der Waals surface area contributed by atoms with E-state index in [1.165, 1.54) is 31.5 Å². The van der Waals surface area contributed by atoms with E-state index < -0.39 is 27.0 Å². The quantitative estimate of drug-likeness (QED) is 0.872. The van der Waals surface area contributed by atoms with Crippen LogP contribution in [0.5, 0.6) is 0 Å². The van der Waals surface area contributed by atoms with Crippen LogP contribution in [0.4, 0.5) is 0 Å². The third kappa shape index (κ3) is 2.32. The van der Waals surface area contributed by atoms with Gasteiger partial charge in [0.25, 0.3) is 0 Å². The average molecular weight is 294 g/mol. The Bertz CT molecular complexity index is 695. The molecule has 2 rings (SSSR count). The molecule has 2 aromatic heterocycles. The Labute approximate surface area is 116 Å². The molecule has 2 aromatic rings. The normalized spacial score (nSPS) is 14.7. The van der Waals surface area contributed by atoms with E-state index in [4.69, 9.17) is 5.11 Å². The summed E-state index contributed by atoms with van der Waals surface area (Å²) in [4.78, 5) is 17.7. The van der Waals surface area contributed by atoms with Crippen molar-refractivity contribution in [3.05, 3.63) is 48.5 Å². The van der Waals surface area contributed by atoms with E-state index in [0.717, 1.165) is 0 Å². The van der Waals surface area contributed by atoms with Gasteiger partial charge in [-0.15, -0.1) is 0 Å². The van der Waals surface area contributed by atoms with Crippen molar-refractivity contribution in [1.82, 2.24) is 9.97 Å². The van der Waals surface area contributed by atoms with Crippen LogP contribution in [0.15, 0.2) is 47.8 Å². The summed E-state index contributed by atoms with van der Waals surface area (Å²) in [5.41, 5.74) is 0.337. The molecular weight excluding hydrogens is 280 g/mol. The number of nitrogens with one attached hydrogen (secondary N) is 1. The highest BCUT2D eigenvalue weighted by atomic mass is 32.2. The fourth-order valence-corrected chi connectivity index (χ4v) is 3.76. The molecule has 7 heteroatoms. The van der Waals surface area contributed by atoms with Crippen LogP contribution in [-0.4, -0.2) is 29.5 Å². The van der Waals surface area contributed by atoms with Crippen molar-refractivity contribution in [2.24, 2.45) is 0 Å². The van der Waals surface area contributed by atoms with Crippen molar-refractivity contribution < 1.29 is 18.3 Å². The molecule has 0 spiro atoms. The maximum Gasteiger partial charge on any atom is 0.305 e. The number of H-pyrrole nitrogens is 1. The second-order valence-corrected chi connectivity index (χ2v) is 6.96. The summed E-state index contributed by atoms with van der Waals surface area (Å²) in [5, 5.41) is 9.06. The molecule has 0 aromatic carbocycles. The second kappa shape index (κ2) is 5.09. The molecule has 0 saturated carbocycles. The zero-order valence-corrected chi connectivity index (χ0v) is 11.6. The van der Waals surface area contributed by atoms with E-state index in [9.17, 15) is 13.2 Å². The molecule has 0 aliphatic heterocycles. The summed E-state index contributed by atoms with van der Waals surface area (Å²) in [6.07, 6.45) is 3.71. The van der Waals surface area contributed by atoms with Crippen LogP contribution >= 0.6 is 0 Å². The van der Waals surface area contributed by atoms with Crippen molar-refractivity contribution in [2.45, 2.75) is 23.0 Å². The Balaban J connectivity index is 2.61. The van der Waals surface area contributed by atoms with Crippen molar-refractivity contribution in [1.29, 1.82) is 0 Å². The fourth-order valence-electron chi connectivity index (χ4n) is 2.05. The molecule has 0 radical (unpaired) electrons. The van der Waals surface area contributed by atoms with Gasteiger partial charge in [0.05, 0.1) is 11.3 Å². The minimum atomic E-state index is -3.89. The molecule has 0 aliphatic carbocycles. The lowest BCUT2D eigenvalue weighted by Gasteiger charge is -2.26. The first kappa shape index (κ1) is 14.3. The summed E-state index contributed by atoms with van der Waals surface area (Å²) in [6.45, 7) is 1.40. The third-order valence-corrected chi connectivity index (χ3v) is 5.61. The predicted molar refractivity (Wildman–Crippen MR) is 71.8 cm³/mol. The lowest BCUT2D eigenvalue weighted by Crippen LogP contribution is -2.35. The first-order chi connectivity index (χ1) is 9.38. The lowest BCUT2D eigenvalue weighted by atomic mass is 10.0. The van der Waals surface area contributed by atoms with Gasteiger partial charge in [0.1, 0.15) is 4.75 Å². The molecule has 2 N–H and O–H groups in total. The van der Waals surface area contributed by atoms with Gasteiger partial charge in [-0.1, -0.05) is 0 Å². The number of sulfone groups is 1. The number of hydrogen-bond acceptors (Lipinski definition) is 4. The molecule has 1 atom stereocenters. The van der Waals surface area contributed by atoms with Gasteiger partial charge in [0.2, 0.25) is 0 Å². The molecule has 0 amide bonds. The van der Waals surface area contributed by atoms with Gasteiger partial charge in [-0.25, -0.2) is 8.42 Å². The minimum Gasteiger partial charge on any atom is -0.481 e. The van der Waals surface area contributed by atoms with Crippen LogP contribution in [-0.2, 0) is 19.4 Å². The zero-order chi connectivity index (χ0) is 14.8. The average Bonchev–Trinajstić information content (AvgIpc) is 2.93. The van der Waals surface area contributed by atoms with Gasteiger partial charge in [0, 0.05) is 24.3 Å². The fraction of sp³-hybridized carbons (Fsp3) is 0.231. The van der Waals surface area contributed by atoms with Gasteiger partial charge < -0.3 is 10.1 Å². The monoisotopic (exact) mass is 294 g/mol. The smallest absolute Gasteiger partial charge is 0.305 e. The summed E-state index contributed by atoms with van der Waals surface area (Å²) in [6, 6.07) is 6.11. The summed E-state index contributed by atoms with van der Waals surface area (Å²) in [7, 11) is -3.89. The van der Waals surface area contributed by atoms with Crippen molar-refractivity contribution in [3.8, 4) is 0 Å². The highest BCUT2D eigenvalue weighted by Gasteiger charge is 2.44. The Morgan fingerprint density at radius 2 is 2.15 bits per heavy atom. The number of aromatic amines is 1. The number of carboxylic acid groups (broad SMARTS) is 1. The van der Waals surface area contributed by atoms with E-state index in [1.807, 2.05) is 0 Å². The summed E-state index contributed by atoms with van der Waals surface area (Å²) in [5.74, 6) is -1.19. The third-order valence-electron chi connectivity index (χ3n) is 3.19. The Kier molecular flexibility index (Phi) is 3.63. The minimum absolute atomic E-state index is 0.00153. The van der Waals surface area contributed by atoms with Crippen LogP contribution in [0, 0.1) is 0 Å². The number of rotatable bonds is 5. The number of nitrogens with zero attached hydrogens (tertiary/aromatic N) is 1. The highest BCUT2D eigenvalue weighted by Crippen LogP contribution is 2.37. The number of aliphatic carboxylic acids is 1. The molecule has 6 nitrogen and oxygen atoms in total. The predicted octanol–water partition coefficient (Wildman–Crippen LogP) is 1.57. The van der Waals surface area contributed by atoms with E-state index in [0.29, 0.717) is 5.69 Å².